The summed E-state index contributed by atoms with van der Waals surface area (Å²) in [6.07, 6.45) is 4.43. The summed E-state index contributed by atoms with van der Waals surface area (Å²) in [6, 6.07) is 19.7. The highest BCUT2D eigenvalue weighted by Crippen LogP contribution is 2.26. The Morgan fingerprint density at radius 1 is 1.03 bits per heavy atom. The van der Waals surface area contributed by atoms with Crippen molar-refractivity contribution in [2.24, 2.45) is 4.99 Å². The summed E-state index contributed by atoms with van der Waals surface area (Å²) < 4.78 is 0. The molecule has 0 saturated carbocycles. The van der Waals surface area contributed by atoms with Crippen molar-refractivity contribution < 1.29 is 4.79 Å². The van der Waals surface area contributed by atoms with Gasteiger partial charge in [-0.15, -0.1) is 0 Å². The molecule has 0 spiro atoms. The number of aliphatic imine (C=N–C) groups is 1. The molecule has 2 heterocycles. The molecule has 1 aromatic heterocycles. The third kappa shape index (κ3) is 3.47. The number of carbonyl (C=O) groups excluding carboxylic acids is 1. The monoisotopic (exact) mass is 399 g/mol. The van der Waals surface area contributed by atoms with Crippen molar-refractivity contribution in [3.05, 3.63) is 100 Å². The zero-order valence-corrected chi connectivity index (χ0v) is 16.4. The van der Waals surface area contributed by atoms with Gasteiger partial charge in [0.15, 0.2) is 5.78 Å². The Morgan fingerprint density at radius 2 is 1.90 bits per heavy atom. The normalized spacial score (nSPS) is 16.4. The van der Waals surface area contributed by atoms with Gasteiger partial charge in [0.25, 0.3) is 0 Å². The molecule has 0 saturated heterocycles. The average molecular weight is 400 g/mol. The van der Waals surface area contributed by atoms with Crippen LogP contribution in [-0.2, 0) is 17.6 Å². The Labute approximate surface area is 173 Å². The summed E-state index contributed by atoms with van der Waals surface area (Å²) in [6.45, 7) is 0. The van der Waals surface area contributed by atoms with Crippen LogP contribution in [0.4, 0.5) is 0 Å². The van der Waals surface area contributed by atoms with Crippen molar-refractivity contribution in [1.82, 2.24) is 10.2 Å². The van der Waals surface area contributed by atoms with Gasteiger partial charge in [-0.25, -0.2) is 0 Å². The highest BCUT2D eigenvalue weighted by atomic mass is 35.5. The molecule has 4 nitrogen and oxygen atoms in total. The first-order chi connectivity index (χ1) is 14.2. The molecule has 142 valence electrons. The number of aromatic amines is 1. The highest BCUT2D eigenvalue weighted by molar-refractivity contribution is 6.31. The predicted octanol–water partition coefficient (Wildman–Crippen LogP) is 4.79. The van der Waals surface area contributed by atoms with Crippen molar-refractivity contribution in [3.8, 4) is 0 Å². The second-order valence-corrected chi connectivity index (χ2v) is 7.75. The number of benzene rings is 3. The second kappa shape index (κ2) is 7.30. The molecule has 0 radical (unpaired) electrons. The van der Waals surface area contributed by atoms with Crippen LogP contribution in [0.15, 0.2) is 78.0 Å². The van der Waals surface area contributed by atoms with Crippen LogP contribution in [0.1, 0.15) is 22.3 Å². The Morgan fingerprint density at radius 3 is 2.72 bits per heavy atom. The summed E-state index contributed by atoms with van der Waals surface area (Å²) >= 11 is 6.25. The van der Waals surface area contributed by atoms with Gasteiger partial charge >= 0.3 is 0 Å². The number of hydrogen-bond acceptors (Lipinski definition) is 3. The summed E-state index contributed by atoms with van der Waals surface area (Å²) in [5, 5.41) is 9.88. The van der Waals surface area contributed by atoms with Gasteiger partial charge in [-0.3, -0.25) is 14.9 Å². The van der Waals surface area contributed by atoms with Crippen molar-refractivity contribution in [3.63, 3.8) is 0 Å². The fourth-order valence-electron chi connectivity index (χ4n) is 3.89. The third-order valence-corrected chi connectivity index (χ3v) is 5.60. The van der Waals surface area contributed by atoms with Gasteiger partial charge in [0.2, 0.25) is 0 Å². The van der Waals surface area contributed by atoms with Crippen LogP contribution in [0.5, 0.6) is 0 Å². The first-order valence-electron chi connectivity index (χ1n) is 9.53. The maximum Gasteiger partial charge on any atom is 0.162 e. The highest BCUT2D eigenvalue weighted by Gasteiger charge is 2.27. The maximum atomic E-state index is 13.1. The van der Waals surface area contributed by atoms with Gasteiger partial charge in [0.05, 0.1) is 11.9 Å². The van der Waals surface area contributed by atoms with Crippen LogP contribution in [0.3, 0.4) is 0 Å². The van der Waals surface area contributed by atoms with Gasteiger partial charge in [0, 0.05) is 35.2 Å². The Hall–Kier alpha value is -3.24. The number of fused-ring (bicyclic) bond motifs is 2. The van der Waals surface area contributed by atoms with E-state index >= 15 is 0 Å². The van der Waals surface area contributed by atoms with Crippen LogP contribution in [0, 0.1) is 0 Å². The van der Waals surface area contributed by atoms with Crippen molar-refractivity contribution in [2.75, 3.05) is 0 Å². The summed E-state index contributed by atoms with van der Waals surface area (Å²) in [5.74, 6) is 0.111. The molecule has 0 aliphatic carbocycles. The van der Waals surface area contributed by atoms with E-state index in [1.54, 1.807) is 12.4 Å². The van der Waals surface area contributed by atoms with Gasteiger partial charge in [0.1, 0.15) is 6.04 Å². The van der Waals surface area contributed by atoms with Crippen molar-refractivity contribution >= 4 is 33.9 Å². The second-order valence-electron chi connectivity index (χ2n) is 7.31. The molecule has 1 aliphatic heterocycles. The molecule has 1 unspecified atom stereocenters. The lowest BCUT2D eigenvalue weighted by Crippen LogP contribution is -2.22. The number of hydrogen-bond donors (Lipinski definition) is 1. The average Bonchev–Trinajstić information content (AvgIpc) is 3.22. The summed E-state index contributed by atoms with van der Waals surface area (Å²) in [7, 11) is 0. The quantitative estimate of drug-likeness (QED) is 0.538. The van der Waals surface area contributed by atoms with Crippen molar-refractivity contribution in [2.45, 2.75) is 18.9 Å². The molecule has 0 fully saturated rings. The number of Topliss-reactive ketones (excluding diaryl/α,β-unsaturated/α-hetero) is 1. The molecule has 1 N–H and O–H groups in total. The molecule has 3 aromatic carbocycles. The van der Waals surface area contributed by atoms with Crippen molar-refractivity contribution in [1.29, 1.82) is 0 Å². The van der Waals surface area contributed by atoms with Crippen LogP contribution < -0.4 is 0 Å². The molecule has 1 aliphatic rings. The van der Waals surface area contributed by atoms with E-state index in [9.17, 15) is 4.79 Å². The largest absolute Gasteiger partial charge is 0.297 e. The lowest BCUT2D eigenvalue weighted by atomic mass is 9.95. The lowest BCUT2D eigenvalue weighted by Gasteiger charge is -2.12. The maximum absolute atomic E-state index is 13.1. The van der Waals surface area contributed by atoms with Gasteiger partial charge < -0.3 is 0 Å². The molecule has 0 amide bonds. The minimum absolute atomic E-state index is 0.111. The van der Waals surface area contributed by atoms with Crippen LogP contribution >= 0.6 is 11.6 Å². The number of rotatable bonds is 3. The smallest absolute Gasteiger partial charge is 0.162 e. The topological polar surface area (TPSA) is 58.1 Å². The van der Waals surface area contributed by atoms with E-state index in [2.05, 4.69) is 40.5 Å². The Balaban J connectivity index is 1.58. The Kier molecular flexibility index (Phi) is 4.49. The zero-order valence-electron chi connectivity index (χ0n) is 15.6. The van der Waals surface area contributed by atoms with E-state index in [4.69, 9.17) is 16.6 Å². The molecule has 29 heavy (non-hydrogen) atoms. The Bertz CT molecular complexity index is 1240. The number of nitrogens with one attached hydrogen (secondary N) is 1. The van der Waals surface area contributed by atoms with Gasteiger partial charge in [-0.1, -0.05) is 60.1 Å². The number of nitrogens with zero attached hydrogens (tertiary/aromatic N) is 2. The zero-order chi connectivity index (χ0) is 19.8. The van der Waals surface area contributed by atoms with Gasteiger partial charge in [-0.2, -0.15) is 5.10 Å². The lowest BCUT2D eigenvalue weighted by molar-refractivity contribution is -0.119. The minimum atomic E-state index is -0.452. The summed E-state index contributed by atoms with van der Waals surface area (Å²) in [4.78, 5) is 18.0. The molecular formula is C24H18ClN3O. The molecule has 5 heteroatoms. The van der Waals surface area contributed by atoms with E-state index in [1.165, 1.54) is 10.8 Å². The number of carbonyl (C=O) groups is 1. The predicted molar refractivity (Wildman–Crippen MR) is 116 cm³/mol. The molecule has 0 bridgehead atoms. The third-order valence-electron chi connectivity index (χ3n) is 5.36. The number of halogens is 1. The summed E-state index contributed by atoms with van der Waals surface area (Å²) in [5.41, 5.74) is 4.55. The van der Waals surface area contributed by atoms with Crippen LogP contribution in [-0.4, -0.2) is 27.7 Å². The first-order valence-corrected chi connectivity index (χ1v) is 9.91. The fraction of sp³-hybridized carbons (Fsp3) is 0.125. The molecule has 1 atom stereocenters. The van der Waals surface area contributed by atoms with E-state index < -0.39 is 6.04 Å². The standard InChI is InChI=1S/C24H18ClN3O/c25-20-8-7-18-11-23(29)22(28-24(21(18)12-20)19-13-26-27-14-19)10-15-5-6-16-3-1-2-4-17(16)9-15/h1-9,12-14,22H,10-11H2,(H,26,27). The molecule has 5 rings (SSSR count). The molecular weight excluding hydrogens is 382 g/mol. The number of aromatic nitrogens is 2. The first kappa shape index (κ1) is 17.8. The van der Waals surface area contributed by atoms with E-state index in [1.807, 2.05) is 30.3 Å². The van der Waals surface area contributed by atoms with Crippen LogP contribution in [0.2, 0.25) is 5.02 Å². The van der Waals surface area contributed by atoms with Crippen LogP contribution in [0.25, 0.3) is 10.8 Å². The van der Waals surface area contributed by atoms with E-state index in [0.29, 0.717) is 17.9 Å². The van der Waals surface area contributed by atoms with Gasteiger partial charge in [-0.05, 0) is 34.0 Å². The molecule has 4 aromatic rings. The minimum Gasteiger partial charge on any atom is -0.297 e. The fourth-order valence-corrected chi connectivity index (χ4v) is 4.06. The van der Waals surface area contributed by atoms with E-state index in [0.717, 1.165) is 28.0 Å². The number of H-pyrrole nitrogens is 1. The SMILES string of the molecule is O=C1Cc2ccc(Cl)cc2C(c2cn[nH]c2)=NC1Cc1ccc2ccccc2c1. The number of ketones is 1. The van der Waals surface area contributed by atoms with E-state index in [-0.39, 0.29) is 5.78 Å².